The molecular formula is C16H13BrFNO. The van der Waals surface area contributed by atoms with Gasteiger partial charge in [0.1, 0.15) is 5.82 Å². The Morgan fingerprint density at radius 2 is 2.05 bits per heavy atom. The molecule has 2 aromatic rings. The zero-order valence-electron chi connectivity index (χ0n) is 11.0. The van der Waals surface area contributed by atoms with Crippen LogP contribution in [0.5, 0.6) is 0 Å². The molecule has 0 aromatic heterocycles. The number of benzene rings is 2. The number of fused-ring (bicyclic) bond motifs is 1. The van der Waals surface area contributed by atoms with E-state index in [1.165, 1.54) is 12.1 Å². The van der Waals surface area contributed by atoms with Crippen LogP contribution in [0.25, 0.3) is 0 Å². The van der Waals surface area contributed by atoms with Crippen LogP contribution in [0, 0.1) is 12.7 Å². The summed E-state index contributed by atoms with van der Waals surface area (Å²) in [7, 11) is 0. The number of amides is 1. The van der Waals surface area contributed by atoms with Gasteiger partial charge in [-0.15, -0.1) is 0 Å². The maximum Gasteiger partial charge on any atom is 0.258 e. The van der Waals surface area contributed by atoms with E-state index in [1.807, 2.05) is 25.1 Å². The van der Waals surface area contributed by atoms with E-state index in [0.29, 0.717) is 18.5 Å². The predicted octanol–water partition coefficient (Wildman–Crippen LogP) is 4.10. The maximum atomic E-state index is 13.2. The highest BCUT2D eigenvalue weighted by atomic mass is 79.9. The molecule has 4 heteroatoms. The molecule has 0 atom stereocenters. The van der Waals surface area contributed by atoms with Gasteiger partial charge in [-0.25, -0.2) is 4.39 Å². The van der Waals surface area contributed by atoms with Gasteiger partial charge in [-0.1, -0.05) is 22.0 Å². The third-order valence-corrected chi connectivity index (χ3v) is 4.54. The number of hydrogen-bond donors (Lipinski definition) is 0. The minimum Gasteiger partial charge on any atom is -0.308 e. The molecule has 0 radical (unpaired) electrons. The molecule has 1 aliphatic heterocycles. The van der Waals surface area contributed by atoms with Crippen molar-refractivity contribution in [2.45, 2.75) is 13.3 Å². The first-order valence-electron chi connectivity index (χ1n) is 6.43. The summed E-state index contributed by atoms with van der Waals surface area (Å²) in [5.41, 5.74) is 3.32. The lowest BCUT2D eigenvalue weighted by Crippen LogP contribution is -2.38. The number of rotatable bonds is 1. The second-order valence-corrected chi connectivity index (χ2v) is 5.75. The van der Waals surface area contributed by atoms with Gasteiger partial charge in [-0.05, 0) is 54.8 Å². The number of carbonyl (C=O) groups excluding carboxylic acids is 1. The van der Waals surface area contributed by atoms with E-state index in [4.69, 9.17) is 0 Å². The Labute approximate surface area is 125 Å². The summed E-state index contributed by atoms with van der Waals surface area (Å²) in [6.07, 6.45) is 0.671. The van der Waals surface area contributed by atoms with E-state index in [9.17, 15) is 9.18 Å². The topological polar surface area (TPSA) is 20.3 Å². The molecule has 1 aliphatic rings. The first-order chi connectivity index (χ1) is 9.58. The Bertz CT molecular complexity index is 699. The Hall–Kier alpha value is -1.68. The van der Waals surface area contributed by atoms with Crippen molar-refractivity contribution in [3.05, 3.63) is 63.4 Å². The summed E-state index contributed by atoms with van der Waals surface area (Å²) >= 11 is 3.49. The van der Waals surface area contributed by atoms with Crippen molar-refractivity contribution in [1.29, 1.82) is 0 Å². The van der Waals surface area contributed by atoms with E-state index >= 15 is 0 Å². The number of halogens is 2. The second-order valence-electron chi connectivity index (χ2n) is 4.89. The van der Waals surface area contributed by atoms with Crippen molar-refractivity contribution in [2.24, 2.45) is 0 Å². The van der Waals surface area contributed by atoms with Gasteiger partial charge in [0.05, 0.1) is 0 Å². The SMILES string of the molecule is Cc1c(Br)cccc1N1CCc2cc(F)ccc2C1=O. The van der Waals surface area contributed by atoms with Gasteiger partial charge >= 0.3 is 0 Å². The summed E-state index contributed by atoms with van der Waals surface area (Å²) in [5.74, 6) is -0.351. The van der Waals surface area contributed by atoms with Gasteiger partial charge in [0.2, 0.25) is 0 Å². The van der Waals surface area contributed by atoms with Crippen LogP contribution in [0.4, 0.5) is 10.1 Å². The molecule has 2 nitrogen and oxygen atoms in total. The second kappa shape index (κ2) is 5.02. The van der Waals surface area contributed by atoms with Crippen LogP contribution in [-0.2, 0) is 6.42 Å². The van der Waals surface area contributed by atoms with Crippen LogP contribution in [0.3, 0.4) is 0 Å². The van der Waals surface area contributed by atoms with Gasteiger partial charge in [-0.3, -0.25) is 4.79 Å². The third-order valence-electron chi connectivity index (χ3n) is 3.68. The first-order valence-corrected chi connectivity index (χ1v) is 7.22. The zero-order valence-corrected chi connectivity index (χ0v) is 12.6. The van der Waals surface area contributed by atoms with Crippen LogP contribution >= 0.6 is 15.9 Å². The molecule has 0 spiro atoms. The van der Waals surface area contributed by atoms with E-state index in [1.54, 1.807) is 11.0 Å². The van der Waals surface area contributed by atoms with Crippen LogP contribution < -0.4 is 4.90 Å². The minimum atomic E-state index is -0.288. The summed E-state index contributed by atoms with van der Waals surface area (Å²) in [6, 6.07) is 10.2. The molecule has 0 saturated heterocycles. The Kier molecular flexibility index (Phi) is 3.34. The molecule has 102 valence electrons. The highest BCUT2D eigenvalue weighted by Crippen LogP contribution is 2.31. The highest BCUT2D eigenvalue weighted by Gasteiger charge is 2.26. The Morgan fingerprint density at radius 3 is 2.85 bits per heavy atom. The molecule has 2 aromatic carbocycles. The van der Waals surface area contributed by atoms with E-state index < -0.39 is 0 Å². The molecule has 0 N–H and O–H groups in total. The van der Waals surface area contributed by atoms with Crippen LogP contribution in [0.2, 0.25) is 0 Å². The van der Waals surface area contributed by atoms with Crippen LogP contribution in [0.15, 0.2) is 40.9 Å². The summed E-state index contributed by atoms with van der Waals surface area (Å²) < 4.78 is 14.2. The molecule has 0 fully saturated rings. The van der Waals surface area contributed by atoms with Crippen molar-refractivity contribution < 1.29 is 9.18 Å². The molecule has 0 saturated carbocycles. The van der Waals surface area contributed by atoms with Crippen molar-refractivity contribution in [3.8, 4) is 0 Å². The molecule has 1 amide bonds. The van der Waals surface area contributed by atoms with Crippen molar-refractivity contribution in [3.63, 3.8) is 0 Å². The lowest BCUT2D eigenvalue weighted by molar-refractivity contribution is 0.0980. The molecular weight excluding hydrogens is 321 g/mol. The highest BCUT2D eigenvalue weighted by molar-refractivity contribution is 9.10. The average molecular weight is 334 g/mol. The van der Waals surface area contributed by atoms with E-state index in [-0.39, 0.29) is 11.7 Å². The van der Waals surface area contributed by atoms with E-state index in [2.05, 4.69) is 15.9 Å². The third kappa shape index (κ3) is 2.14. The summed E-state index contributed by atoms with van der Waals surface area (Å²) in [4.78, 5) is 14.3. The standard InChI is InChI=1S/C16H13BrFNO/c1-10-14(17)3-2-4-15(10)19-8-7-11-9-12(18)5-6-13(11)16(19)20/h2-6,9H,7-8H2,1H3. The van der Waals surface area contributed by atoms with Gasteiger partial charge in [0.15, 0.2) is 0 Å². The van der Waals surface area contributed by atoms with E-state index in [0.717, 1.165) is 21.3 Å². The van der Waals surface area contributed by atoms with Crippen LogP contribution in [-0.4, -0.2) is 12.5 Å². The molecule has 1 heterocycles. The quantitative estimate of drug-likeness (QED) is 0.769. The van der Waals surface area contributed by atoms with Crippen molar-refractivity contribution >= 4 is 27.5 Å². The zero-order chi connectivity index (χ0) is 14.3. The maximum absolute atomic E-state index is 13.2. The fourth-order valence-electron chi connectivity index (χ4n) is 2.58. The largest absolute Gasteiger partial charge is 0.308 e. The van der Waals surface area contributed by atoms with Gasteiger partial charge in [0, 0.05) is 22.3 Å². The summed E-state index contributed by atoms with van der Waals surface area (Å²) in [6.45, 7) is 2.56. The predicted molar refractivity (Wildman–Crippen MR) is 80.7 cm³/mol. The Balaban J connectivity index is 2.04. The normalized spacial score (nSPS) is 14.3. The summed E-state index contributed by atoms with van der Waals surface area (Å²) in [5, 5.41) is 0. The van der Waals surface area contributed by atoms with Crippen molar-refractivity contribution in [2.75, 3.05) is 11.4 Å². The fraction of sp³-hybridized carbons (Fsp3) is 0.188. The van der Waals surface area contributed by atoms with Gasteiger partial charge in [0.25, 0.3) is 5.91 Å². The first kappa shape index (κ1) is 13.3. The number of nitrogens with zero attached hydrogens (tertiary/aromatic N) is 1. The van der Waals surface area contributed by atoms with Crippen molar-refractivity contribution in [1.82, 2.24) is 0 Å². The Morgan fingerprint density at radius 1 is 1.25 bits per heavy atom. The molecule has 0 bridgehead atoms. The number of carbonyl (C=O) groups is 1. The van der Waals surface area contributed by atoms with Gasteiger partial charge in [-0.2, -0.15) is 0 Å². The molecule has 0 unspecified atom stereocenters. The molecule has 3 rings (SSSR count). The monoisotopic (exact) mass is 333 g/mol. The number of hydrogen-bond acceptors (Lipinski definition) is 1. The average Bonchev–Trinajstić information content (AvgIpc) is 2.43. The minimum absolute atomic E-state index is 0.0625. The lowest BCUT2D eigenvalue weighted by Gasteiger charge is -2.30. The molecule has 0 aliphatic carbocycles. The smallest absolute Gasteiger partial charge is 0.258 e. The lowest BCUT2D eigenvalue weighted by atomic mass is 9.98. The fourth-order valence-corrected chi connectivity index (χ4v) is 2.93. The number of anilines is 1. The van der Waals surface area contributed by atoms with Gasteiger partial charge < -0.3 is 4.90 Å². The van der Waals surface area contributed by atoms with Crippen LogP contribution in [0.1, 0.15) is 21.5 Å². The molecule has 20 heavy (non-hydrogen) atoms.